The number of aliphatic imine (C=N–C) groups is 2. The van der Waals surface area contributed by atoms with Crippen LogP contribution in [-0.4, -0.2) is 60.7 Å². The van der Waals surface area contributed by atoms with Crippen molar-refractivity contribution < 1.29 is 4.74 Å². The molecule has 0 atom stereocenters. The Morgan fingerprint density at radius 2 is 1.47 bits per heavy atom. The summed E-state index contributed by atoms with van der Waals surface area (Å²) in [7, 11) is 0. The van der Waals surface area contributed by atoms with Crippen LogP contribution in [0.25, 0.3) is 0 Å². The van der Waals surface area contributed by atoms with Crippen LogP contribution in [-0.2, 0) is 4.74 Å². The van der Waals surface area contributed by atoms with Gasteiger partial charge in [0.2, 0.25) is 0 Å². The van der Waals surface area contributed by atoms with Gasteiger partial charge in [-0.05, 0) is 48.9 Å². The average molecular weight is 435 g/mol. The Balaban J connectivity index is 1.81. The highest BCUT2D eigenvalue weighted by Gasteiger charge is 2.14. The molecule has 0 unspecified atom stereocenters. The van der Waals surface area contributed by atoms with Gasteiger partial charge in [0.05, 0.1) is 48.3 Å². The van der Waals surface area contributed by atoms with Crippen molar-refractivity contribution in [2.24, 2.45) is 9.98 Å². The van der Waals surface area contributed by atoms with Crippen LogP contribution < -0.4 is 0 Å². The molecular formula is C27H38N4O. The molecule has 1 aromatic heterocycles. The summed E-state index contributed by atoms with van der Waals surface area (Å²) in [6.45, 7) is 18.4. The lowest BCUT2D eigenvalue weighted by atomic mass is 9.93. The topological polar surface area (TPSA) is 50.1 Å². The summed E-state index contributed by atoms with van der Waals surface area (Å²) in [5, 5.41) is 0. The Morgan fingerprint density at radius 3 is 2.06 bits per heavy atom. The summed E-state index contributed by atoms with van der Waals surface area (Å²) >= 11 is 0. The molecule has 0 aliphatic carbocycles. The first-order chi connectivity index (χ1) is 15.4. The van der Waals surface area contributed by atoms with Crippen LogP contribution in [0.15, 0.2) is 46.4 Å². The van der Waals surface area contributed by atoms with Gasteiger partial charge in [-0.25, -0.2) is 4.98 Å². The fourth-order valence-corrected chi connectivity index (χ4v) is 3.97. The standard InChI is InChI=1S/C27H38N4O/c1-19(2)23-9-7-10-24(20(3)4)27(23)29-22(6)26-12-8-11-25(30-26)21(5)28-13-14-31-15-17-32-18-16-31/h7-12,19-20H,13-18H2,1-6H3. The number of hydrogen-bond acceptors (Lipinski definition) is 5. The van der Waals surface area contributed by atoms with Gasteiger partial charge in [-0.1, -0.05) is 52.0 Å². The van der Waals surface area contributed by atoms with Crippen molar-refractivity contribution in [1.29, 1.82) is 0 Å². The summed E-state index contributed by atoms with van der Waals surface area (Å²) in [4.78, 5) is 17.2. The quantitative estimate of drug-likeness (QED) is 0.507. The fourth-order valence-electron chi connectivity index (χ4n) is 3.97. The second-order valence-corrected chi connectivity index (χ2v) is 9.12. The molecule has 3 rings (SSSR count). The van der Waals surface area contributed by atoms with Crippen LogP contribution in [0.5, 0.6) is 0 Å². The minimum Gasteiger partial charge on any atom is -0.379 e. The number of hydrogen-bond donors (Lipinski definition) is 0. The van der Waals surface area contributed by atoms with Crippen molar-refractivity contribution >= 4 is 17.1 Å². The first-order valence-electron chi connectivity index (χ1n) is 11.8. The summed E-state index contributed by atoms with van der Waals surface area (Å²) in [5.41, 5.74) is 7.39. The van der Waals surface area contributed by atoms with Crippen molar-refractivity contribution in [3.8, 4) is 0 Å². The van der Waals surface area contributed by atoms with Gasteiger partial charge in [0.25, 0.3) is 0 Å². The summed E-state index contributed by atoms with van der Waals surface area (Å²) in [6, 6.07) is 12.7. The first-order valence-corrected chi connectivity index (χ1v) is 11.8. The third-order valence-corrected chi connectivity index (χ3v) is 5.98. The molecule has 1 saturated heterocycles. The summed E-state index contributed by atoms with van der Waals surface area (Å²) in [5.74, 6) is 0.834. The van der Waals surface area contributed by atoms with Crippen LogP contribution in [0.1, 0.15) is 75.9 Å². The van der Waals surface area contributed by atoms with Gasteiger partial charge < -0.3 is 4.74 Å². The third-order valence-electron chi connectivity index (χ3n) is 5.98. The second kappa shape index (κ2) is 11.5. The zero-order chi connectivity index (χ0) is 23.1. The molecule has 0 saturated carbocycles. The Labute approximate surface area is 193 Å². The maximum Gasteiger partial charge on any atom is 0.0849 e. The highest BCUT2D eigenvalue weighted by atomic mass is 16.5. The number of ether oxygens (including phenoxy) is 1. The van der Waals surface area contributed by atoms with Gasteiger partial charge in [0, 0.05) is 19.6 Å². The molecule has 0 spiro atoms. The van der Waals surface area contributed by atoms with Crippen LogP contribution in [0, 0.1) is 0 Å². The van der Waals surface area contributed by atoms with Gasteiger partial charge in [-0.2, -0.15) is 0 Å². The van der Waals surface area contributed by atoms with Crippen LogP contribution in [0.3, 0.4) is 0 Å². The number of benzene rings is 1. The molecule has 1 aliphatic heterocycles. The van der Waals surface area contributed by atoms with Crippen molar-refractivity contribution in [2.75, 3.05) is 39.4 Å². The first kappa shape index (κ1) is 24.3. The zero-order valence-electron chi connectivity index (χ0n) is 20.6. The van der Waals surface area contributed by atoms with Crippen molar-refractivity contribution in [2.45, 2.75) is 53.4 Å². The Kier molecular flexibility index (Phi) is 8.71. The van der Waals surface area contributed by atoms with E-state index in [0.717, 1.165) is 67.9 Å². The normalized spacial score (nSPS) is 16.2. The van der Waals surface area contributed by atoms with E-state index in [1.54, 1.807) is 0 Å². The van der Waals surface area contributed by atoms with Gasteiger partial charge in [-0.15, -0.1) is 0 Å². The SMILES string of the molecule is CC(=NCCN1CCOCC1)c1cccc(C(C)=Nc2c(C(C)C)cccc2C(C)C)n1. The fraction of sp³-hybridized carbons (Fsp3) is 0.519. The Bertz CT molecular complexity index is 930. The van der Waals surface area contributed by atoms with E-state index in [0.29, 0.717) is 11.8 Å². The highest BCUT2D eigenvalue weighted by molar-refractivity contribution is 6.01. The summed E-state index contributed by atoms with van der Waals surface area (Å²) in [6.07, 6.45) is 0. The molecule has 172 valence electrons. The molecule has 5 nitrogen and oxygen atoms in total. The monoisotopic (exact) mass is 434 g/mol. The van der Waals surface area contributed by atoms with Crippen molar-refractivity contribution in [3.05, 3.63) is 58.9 Å². The Morgan fingerprint density at radius 1 is 0.906 bits per heavy atom. The smallest absolute Gasteiger partial charge is 0.0849 e. The van der Waals surface area contributed by atoms with Crippen LogP contribution in [0.4, 0.5) is 5.69 Å². The lowest BCUT2D eigenvalue weighted by Gasteiger charge is -2.25. The maximum absolute atomic E-state index is 5.42. The molecule has 0 N–H and O–H groups in total. The van der Waals surface area contributed by atoms with E-state index >= 15 is 0 Å². The molecule has 1 aromatic carbocycles. The lowest BCUT2D eigenvalue weighted by Crippen LogP contribution is -2.37. The van der Waals surface area contributed by atoms with Gasteiger partial charge in [0.1, 0.15) is 0 Å². The number of para-hydroxylation sites is 1. The van der Waals surface area contributed by atoms with Crippen molar-refractivity contribution in [1.82, 2.24) is 9.88 Å². The van der Waals surface area contributed by atoms with Gasteiger partial charge >= 0.3 is 0 Å². The van der Waals surface area contributed by atoms with Crippen LogP contribution in [0.2, 0.25) is 0 Å². The number of aromatic nitrogens is 1. The molecule has 1 fully saturated rings. The van der Waals surface area contributed by atoms with E-state index < -0.39 is 0 Å². The van der Waals surface area contributed by atoms with Gasteiger partial charge in [0.15, 0.2) is 0 Å². The number of rotatable bonds is 8. The number of nitrogens with zero attached hydrogens (tertiary/aromatic N) is 4. The average Bonchev–Trinajstić information content (AvgIpc) is 2.79. The third kappa shape index (κ3) is 6.33. The molecule has 1 aliphatic rings. The van der Waals surface area contributed by atoms with E-state index in [4.69, 9.17) is 19.7 Å². The minimum atomic E-state index is 0.417. The van der Waals surface area contributed by atoms with Crippen LogP contribution >= 0.6 is 0 Å². The predicted molar refractivity (Wildman–Crippen MR) is 135 cm³/mol. The predicted octanol–water partition coefficient (Wildman–Crippen LogP) is 5.61. The molecule has 0 bridgehead atoms. The molecule has 0 amide bonds. The molecule has 0 radical (unpaired) electrons. The van der Waals surface area contributed by atoms with E-state index in [-0.39, 0.29) is 0 Å². The number of morpholine rings is 1. The van der Waals surface area contributed by atoms with E-state index in [1.165, 1.54) is 11.1 Å². The molecule has 5 heteroatoms. The summed E-state index contributed by atoms with van der Waals surface area (Å²) < 4.78 is 5.42. The van der Waals surface area contributed by atoms with Gasteiger partial charge in [-0.3, -0.25) is 14.9 Å². The number of pyridine rings is 1. The van der Waals surface area contributed by atoms with E-state index in [2.05, 4.69) is 63.8 Å². The minimum absolute atomic E-state index is 0.417. The van der Waals surface area contributed by atoms with E-state index in [9.17, 15) is 0 Å². The highest BCUT2D eigenvalue weighted by Crippen LogP contribution is 2.35. The largest absolute Gasteiger partial charge is 0.379 e. The maximum atomic E-state index is 5.42. The Hall–Kier alpha value is -2.37. The molecular weight excluding hydrogens is 396 g/mol. The second-order valence-electron chi connectivity index (χ2n) is 9.12. The van der Waals surface area contributed by atoms with E-state index in [1.807, 2.05) is 19.1 Å². The lowest BCUT2D eigenvalue weighted by molar-refractivity contribution is 0.0394. The molecule has 2 heterocycles. The molecule has 32 heavy (non-hydrogen) atoms. The molecule has 2 aromatic rings. The zero-order valence-corrected chi connectivity index (χ0v) is 20.6. The van der Waals surface area contributed by atoms with Crippen molar-refractivity contribution in [3.63, 3.8) is 0 Å².